The number of nitrogens with zero attached hydrogens (tertiary/aromatic N) is 2. The highest BCUT2D eigenvalue weighted by Gasteiger charge is 2.32. The van der Waals surface area contributed by atoms with Gasteiger partial charge in [0.2, 0.25) is 0 Å². The molecule has 3 aromatic rings. The highest BCUT2D eigenvalue weighted by molar-refractivity contribution is 7.07. The normalized spacial score (nSPS) is 15.3. The third kappa shape index (κ3) is 5.14. The molecule has 8 heteroatoms. The van der Waals surface area contributed by atoms with E-state index in [0.717, 1.165) is 24.0 Å². The van der Waals surface area contributed by atoms with E-state index in [-0.39, 0.29) is 12.2 Å². The number of thiazole rings is 1. The van der Waals surface area contributed by atoms with Crippen LogP contribution in [0.3, 0.4) is 0 Å². The van der Waals surface area contributed by atoms with Gasteiger partial charge in [-0.3, -0.25) is 9.36 Å². The molecule has 36 heavy (non-hydrogen) atoms. The van der Waals surface area contributed by atoms with Crippen LogP contribution in [0.15, 0.2) is 63.9 Å². The number of fused-ring (bicyclic) bond motifs is 1. The maximum absolute atomic E-state index is 13.1. The zero-order valence-electron chi connectivity index (χ0n) is 20.9. The first kappa shape index (κ1) is 25.4. The Labute approximate surface area is 214 Å². The van der Waals surface area contributed by atoms with Crippen molar-refractivity contribution in [2.45, 2.75) is 46.3 Å². The van der Waals surface area contributed by atoms with Gasteiger partial charge in [-0.25, -0.2) is 9.79 Å². The van der Waals surface area contributed by atoms with Gasteiger partial charge in [0.25, 0.3) is 5.56 Å². The minimum absolute atomic E-state index is 0.160. The Hall–Kier alpha value is -3.65. The molecular weight excluding hydrogens is 476 g/mol. The largest absolute Gasteiger partial charge is 0.493 e. The van der Waals surface area contributed by atoms with Crippen LogP contribution in [0.4, 0.5) is 0 Å². The van der Waals surface area contributed by atoms with E-state index in [4.69, 9.17) is 19.2 Å². The van der Waals surface area contributed by atoms with Crippen LogP contribution in [0.25, 0.3) is 11.8 Å². The van der Waals surface area contributed by atoms with Crippen molar-refractivity contribution in [2.75, 3.05) is 13.7 Å². The molecule has 1 aliphatic rings. The van der Waals surface area contributed by atoms with E-state index in [2.05, 4.69) is 6.92 Å². The second-order valence-corrected chi connectivity index (χ2v) is 9.33. The van der Waals surface area contributed by atoms with Crippen molar-refractivity contribution in [1.82, 2.24) is 4.57 Å². The minimum Gasteiger partial charge on any atom is -0.493 e. The summed E-state index contributed by atoms with van der Waals surface area (Å²) in [6, 6.07) is 14.7. The molecule has 0 fully saturated rings. The van der Waals surface area contributed by atoms with E-state index < -0.39 is 12.0 Å². The van der Waals surface area contributed by atoms with Gasteiger partial charge in [-0.05, 0) is 43.5 Å². The Morgan fingerprint density at radius 3 is 2.61 bits per heavy atom. The van der Waals surface area contributed by atoms with Gasteiger partial charge < -0.3 is 14.2 Å². The predicted molar refractivity (Wildman–Crippen MR) is 141 cm³/mol. The molecule has 1 aliphatic heterocycles. The van der Waals surface area contributed by atoms with Crippen LogP contribution in [-0.4, -0.2) is 24.3 Å². The number of rotatable bonds is 9. The summed E-state index contributed by atoms with van der Waals surface area (Å²) in [4.78, 5) is 31.6. The Bertz CT molecular complexity index is 1450. The van der Waals surface area contributed by atoms with Gasteiger partial charge in [0, 0.05) is 5.70 Å². The lowest BCUT2D eigenvalue weighted by Gasteiger charge is -2.23. The third-order valence-corrected chi connectivity index (χ3v) is 6.93. The van der Waals surface area contributed by atoms with E-state index in [1.807, 2.05) is 54.6 Å². The molecule has 2 heterocycles. The number of ether oxygens (including phenoxy) is 3. The fourth-order valence-electron chi connectivity index (χ4n) is 4.08. The molecule has 0 bridgehead atoms. The van der Waals surface area contributed by atoms with Gasteiger partial charge in [0.1, 0.15) is 12.6 Å². The molecular formula is C28H30N2O5S. The number of benzene rings is 2. The smallest absolute Gasteiger partial charge is 0.338 e. The second-order valence-electron chi connectivity index (χ2n) is 8.32. The summed E-state index contributed by atoms with van der Waals surface area (Å²) in [6.45, 7) is 6.20. The standard InChI is InChI=1S/C28H30N2O5S/c1-5-7-13-23-26(31)30-18(3)24(27(32)34-6-2)25(29-28(30)36-23)20-14-15-21(22(16-20)33-4)35-17-19-11-9-8-10-12-19/h8-16,25H,5-7,17H2,1-4H3/b23-13-/t25-/m1/s1. The van der Waals surface area contributed by atoms with Crippen LogP contribution in [-0.2, 0) is 16.1 Å². The highest BCUT2D eigenvalue weighted by atomic mass is 32.1. The number of hydrogen-bond acceptors (Lipinski definition) is 7. The third-order valence-electron chi connectivity index (χ3n) is 5.90. The van der Waals surface area contributed by atoms with E-state index in [1.54, 1.807) is 21.0 Å². The molecule has 0 radical (unpaired) electrons. The summed E-state index contributed by atoms with van der Waals surface area (Å²) in [5.74, 6) is 0.629. The average molecular weight is 507 g/mol. The van der Waals surface area contributed by atoms with Crippen molar-refractivity contribution in [3.63, 3.8) is 0 Å². The molecule has 4 rings (SSSR count). The lowest BCUT2D eigenvalue weighted by molar-refractivity contribution is -0.138. The van der Waals surface area contributed by atoms with E-state index >= 15 is 0 Å². The molecule has 0 saturated carbocycles. The van der Waals surface area contributed by atoms with Crippen molar-refractivity contribution in [3.05, 3.63) is 84.9 Å². The van der Waals surface area contributed by atoms with Gasteiger partial charge >= 0.3 is 5.97 Å². The second kappa shape index (κ2) is 11.4. The van der Waals surface area contributed by atoms with Crippen LogP contribution in [0.5, 0.6) is 11.5 Å². The zero-order chi connectivity index (χ0) is 25.7. The maximum Gasteiger partial charge on any atom is 0.338 e. The summed E-state index contributed by atoms with van der Waals surface area (Å²) >= 11 is 1.34. The number of aromatic nitrogens is 1. The molecule has 1 atom stereocenters. The molecule has 0 unspecified atom stereocenters. The molecule has 0 N–H and O–H groups in total. The Balaban J connectivity index is 1.78. The SMILES string of the molecule is CCC/C=c1\sc2n(c1=O)C(C)=C(C(=O)OCC)[C@@H](c1ccc(OCc3ccccc3)c(OC)c1)N=2. The topological polar surface area (TPSA) is 79.1 Å². The molecule has 0 aliphatic carbocycles. The van der Waals surface area contributed by atoms with Gasteiger partial charge in [0.15, 0.2) is 16.3 Å². The lowest BCUT2D eigenvalue weighted by atomic mass is 9.96. The van der Waals surface area contributed by atoms with E-state index in [0.29, 0.717) is 38.7 Å². The molecule has 188 valence electrons. The number of carbonyl (C=O) groups is 1. The fourth-order valence-corrected chi connectivity index (χ4v) is 5.13. The van der Waals surface area contributed by atoms with Crippen molar-refractivity contribution in [2.24, 2.45) is 4.99 Å². The molecule has 7 nitrogen and oxygen atoms in total. The zero-order valence-corrected chi connectivity index (χ0v) is 21.8. The summed E-state index contributed by atoms with van der Waals surface area (Å²) in [5.41, 5.74) is 2.50. The van der Waals surface area contributed by atoms with Crippen molar-refractivity contribution in [1.29, 1.82) is 0 Å². The number of esters is 1. The summed E-state index contributed by atoms with van der Waals surface area (Å²) in [6.07, 6.45) is 3.67. The summed E-state index contributed by atoms with van der Waals surface area (Å²) in [5, 5.41) is 0. The lowest BCUT2D eigenvalue weighted by Crippen LogP contribution is -2.35. The Morgan fingerprint density at radius 1 is 1.14 bits per heavy atom. The van der Waals surface area contributed by atoms with Crippen molar-refractivity contribution in [3.8, 4) is 11.5 Å². The maximum atomic E-state index is 13.1. The Kier molecular flexibility index (Phi) is 8.05. The van der Waals surface area contributed by atoms with E-state index in [1.165, 1.54) is 15.9 Å². The van der Waals surface area contributed by atoms with Crippen LogP contribution >= 0.6 is 11.3 Å². The number of hydrogen-bond donors (Lipinski definition) is 0. The van der Waals surface area contributed by atoms with Gasteiger partial charge in [-0.1, -0.05) is 67.2 Å². The molecule has 0 spiro atoms. The first-order valence-electron chi connectivity index (χ1n) is 12.0. The predicted octanol–water partition coefficient (Wildman–Crippen LogP) is 4.25. The first-order chi connectivity index (χ1) is 17.5. The number of allylic oxidation sites excluding steroid dienone is 1. The van der Waals surface area contributed by atoms with Gasteiger partial charge in [0.05, 0.1) is 23.8 Å². The molecule has 1 aromatic heterocycles. The fraction of sp³-hybridized carbons (Fsp3) is 0.321. The van der Waals surface area contributed by atoms with Crippen LogP contribution in [0, 0.1) is 0 Å². The van der Waals surface area contributed by atoms with Crippen LogP contribution < -0.4 is 24.4 Å². The molecule has 0 amide bonds. The van der Waals surface area contributed by atoms with Crippen LogP contribution in [0.1, 0.15) is 50.8 Å². The molecule has 2 aromatic carbocycles. The number of unbranched alkanes of at least 4 members (excludes halogenated alkanes) is 1. The van der Waals surface area contributed by atoms with Crippen molar-refractivity contribution < 1.29 is 19.0 Å². The van der Waals surface area contributed by atoms with Crippen LogP contribution in [0.2, 0.25) is 0 Å². The molecule has 0 saturated heterocycles. The summed E-state index contributed by atoms with van der Waals surface area (Å²) in [7, 11) is 1.58. The number of methoxy groups -OCH3 is 1. The van der Waals surface area contributed by atoms with Gasteiger partial charge in [-0.2, -0.15) is 0 Å². The summed E-state index contributed by atoms with van der Waals surface area (Å²) < 4.78 is 19.1. The monoisotopic (exact) mass is 506 g/mol. The quantitative estimate of drug-likeness (QED) is 0.406. The average Bonchev–Trinajstić information content (AvgIpc) is 3.21. The van der Waals surface area contributed by atoms with Gasteiger partial charge in [-0.15, -0.1) is 0 Å². The Morgan fingerprint density at radius 2 is 1.92 bits per heavy atom. The number of carbonyl (C=O) groups excluding carboxylic acids is 1. The van der Waals surface area contributed by atoms with E-state index in [9.17, 15) is 9.59 Å². The highest BCUT2D eigenvalue weighted by Crippen LogP contribution is 2.37. The minimum atomic E-state index is -0.641. The first-order valence-corrected chi connectivity index (χ1v) is 12.8. The van der Waals surface area contributed by atoms with Crippen molar-refractivity contribution >= 4 is 29.1 Å².